The average molecular weight is 355 g/mol. The van der Waals surface area contributed by atoms with Gasteiger partial charge >= 0.3 is 0 Å². The lowest BCUT2D eigenvalue weighted by molar-refractivity contribution is -0.126. The van der Waals surface area contributed by atoms with Crippen LogP contribution >= 0.6 is 12.4 Å². The first kappa shape index (κ1) is 20.8. The highest BCUT2D eigenvalue weighted by molar-refractivity contribution is 5.88. The minimum atomic E-state index is -0.396. The van der Waals surface area contributed by atoms with E-state index in [2.05, 4.69) is 36.6 Å². The largest absolute Gasteiger partial charge is 0.496 e. The number of aryl methyl sites for hydroxylation is 1. The van der Waals surface area contributed by atoms with Crippen molar-refractivity contribution in [2.45, 2.75) is 57.9 Å². The van der Waals surface area contributed by atoms with Gasteiger partial charge in [0.25, 0.3) is 0 Å². The highest BCUT2D eigenvalue weighted by Gasteiger charge is 2.42. The maximum Gasteiger partial charge on any atom is 0.230 e. The fourth-order valence-electron chi connectivity index (χ4n) is 3.58. The summed E-state index contributed by atoms with van der Waals surface area (Å²) in [6.07, 6.45) is 4.04. The van der Waals surface area contributed by atoms with E-state index < -0.39 is 5.41 Å². The fraction of sp³-hybridized carbons (Fsp3) is 0.632. The molecule has 1 aliphatic carbocycles. The van der Waals surface area contributed by atoms with Gasteiger partial charge in [0.15, 0.2) is 0 Å². The standard InChI is InChI=1S/C19H30N2O2.ClH/c1-5-20-15(3)13-21-18(22)19(10-6-7-11-19)16-9-8-14(2)17(12-16)23-4;/h8-9,12,15,20H,5-7,10-11,13H2,1-4H3,(H,21,22);1H/t15-;/m1./s1. The van der Waals surface area contributed by atoms with Crippen LogP contribution in [0.15, 0.2) is 18.2 Å². The third kappa shape index (κ3) is 4.42. The monoisotopic (exact) mass is 354 g/mol. The summed E-state index contributed by atoms with van der Waals surface area (Å²) in [7, 11) is 1.69. The first-order valence-corrected chi connectivity index (χ1v) is 8.70. The molecule has 24 heavy (non-hydrogen) atoms. The third-order valence-corrected chi connectivity index (χ3v) is 4.97. The minimum Gasteiger partial charge on any atom is -0.496 e. The Hall–Kier alpha value is -1.26. The summed E-state index contributed by atoms with van der Waals surface area (Å²) in [4.78, 5) is 13.0. The van der Waals surface area contributed by atoms with E-state index in [-0.39, 0.29) is 24.4 Å². The van der Waals surface area contributed by atoms with Gasteiger partial charge in [0.2, 0.25) is 5.91 Å². The van der Waals surface area contributed by atoms with Crippen LogP contribution in [0.1, 0.15) is 50.7 Å². The van der Waals surface area contributed by atoms with Crippen molar-refractivity contribution in [2.24, 2.45) is 0 Å². The number of hydrogen-bond donors (Lipinski definition) is 2. The second kappa shape index (κ2) is 9.28. The molecule has 1 amide bonds. The zero-order chi connectivity index (χ0) is 16.9. The van der Waals surface area contributed by atoms with E-state index in [9.17, 15) is 4.79 Å². The van der Waals surface area contributed by atoms with Crippen LogP contribution in [-0.4, -0.2) is 32.1 Å². The summed E-state index contributed by atoms with van der Waals surface area (Å²) in [5.41, 5.74) is 1.80. The van der Waals surface area contributed by atoms with Crippen molar-refractivity contribution in [3.63, 3.8) is 0 Å². The van der Waals surface area contributed by atoms with Gasteiger partial charge in [-0.1, -0.05) is 31.9 Å². The summed E-state index contributed by atoms with van der Waals surface area (Å²) in [6.45, 7) is 7.78. The molecule has 0 aromatic heterocycles. The maximum absolute atomic E-state index is 13.0. The molecule has 1 fully saturated rings. The maximum atomic E-state index is 13.0. The highest BCUT2D eigenvalue weighted by Crippen LogP contribution is 2.42. The van der Waals surface area contributed by atoms with Crippen molar-refractivity contribution < 1.29 is 9.53 Å². The smallest absolute Gasteiger partial charge is 0.230 e. The van der Waals surface area contributed by atoms with E-state index in [1.807, 2.05) is 13.0 Å². The van der Waals surface area contributed by atoms with Crippen LogP contribution in [0.5, 0.6) is 5.75 Å². The van der Waals surface area contributed by atoms with Crippen LogP contribution < -0.4 is 15.4 Å². The molecule has 1 atom stereocenters. The van der Waals surface area contributed by atoms with Crippen LogP contribution in [0.25, 0.3) is 0 Å². The Balaban J connectivity index is 0.00000288. The number of carbonyl (C=O) groups excluding carboxylic acids is 1. The number of halogens is 1. The summed E-state index contributed by atoms with van der Waals surface area (Å²) in [5, 5.41) is 6.49. The lowest BCUT2D eigenvalue weighted by Gasteiger charge is -2.29. The molecule has 1 aromatic rings. The van der Waals surface area contributed by atoms with Crippen LogP contribution in [0, 0.1) is 6.92 Å². The van der Waals surface area contributed by atoms with Gasteiger partial charge in [-0.15, -0.1) is 12.4 Å². The molecular weight excluding hydrogens is 324 g/mol. The number of benzene rings is 1. The molecule has 2 rings (SSSR count). The van der Waals surface area contributed by atoms with Gasteiger partial charge in [-0.25, -0.2) is 0 Å². The minimum absolute atomic E-state index is 0. The number of likely N-dealkylation sites (N-methyl/N-ethyl adjacent to an activating group) is 1. The lowest BCUT2D eigenvalue weighted by Crippen LogP contribution is -2.47. The first-order valence-electron chi connectivity index (χ1n) is 8.70. The number of methoxy groups -OCH3 is 1. The molecule has 0 spiro atoms. The Morgan fingerprint density at radius 3 is 2.58 bits per heavy atom. The number of ether oxygens (including phenoxy) is 1. The number of amides is 1. The van der Waals surface area contributed by atoms with Crippen molar-refractivity contribution >= 4 is 18.3 Å². The molecule has 0 unspecified atom stereocenters. The van der Waals surface area contributed by atoms with Crippen molar-refractivity contribution in [1.29, 1.82) is 0 Å². The van der Waals surface area contributed by atoms with Gasteiger partial charge in [-0.3, -0.25) is 4.79 Å². The molecule has 1 aromatic carbocycles. The summed E-state index contributed by atoms with van der Waals surface area (Å²) in [6, 6.07) is 6.49. The zero-order valence-electron chi connectivity index (χ0n) is 15.3. The molecule has 0 radical (unpaired) electrons. The van der Waals surface area contributed by atoms with E-state index >= 15 is 0 Å². The Morgan fingerprint density at radius 2 is 2.00 bits per heavy atom. The van der Waals surface area contributed by atoms with E-state index in [0.717, 1.165) is 49.1 Å². The molecule has 136 valence electrons. The number of carbonyl (C=O) groups is 1. The van der Waals surface area contributed by atoms with Crippen molar-refractivity contribution in [2.75, 3.05) is 20.2 Å². The van der Waals surface area contributed by atoms with Crippen molar-refractivity contribution in [3.05, 3.63) is 29.3 Å². The van der Waals surface area contributed by atoms with Crippen LogP contribution in [-0.2, 0) is 10.2 Å². The van der Waals surface area contributed by atoms with Crippen LogP contribution in [0.3, 0.4) is 0 Å². The van der Waals surface area contributed by atoms with Gasteiger partial charge < -0.3 is 15.4 Å². The van der Waals surface area contributed by atoms with E-state index in [4.69, 9.17) is 4.74 Å². The molecular formula is C19H31ClN2O2. The number of rotatable bonds is 7. The second-order valence-electron chi connectivity index (χ2n) is 6.64. The molecule has 0 aliphatic heterocycles. The van der Waals surface area contributed by atoms with Gasteiger partial charge in [0.1, 0.15) is 5.75 Å². The Bertz CT molecular complexity index is 542. The van der Waals surface area contributed by atoms with E-state index in [0.29, 0.717) is 6.54 Å². The predicted octanol–water partition coefficient (Wildman–Crippen LogP) is 3.35. The number of hydrogen-bond acceptors (Lipinski definition) is 3. The molecule has 4 nitrogen and oxygen atoms in total. The molecule has 0 saturated heterocycles. The van der Waals surface area contributed by atoms with Crippen LogP contribution in [0.2, 0.25) is 0 Å². The summed E-state index contributed by atoms with van der Waals surface area (Å²) >= 11 is 0. The van der Waals surface area contributed by atoms with Crippen molar-refractivity contribution in [3.8, 4) is 5.75 Å². The van der Waals surface area contributed by atoms with E-state index in [1.54, 1.807) is 7.11 Å². The molecule has 1 saturated carbocycles. The Labute approximate surface area is 152 Å². The lowest BCUT2D eigenvalue weighted by atomic mass is 9.77. The van der Waals surface area contributed by atoms with Gasteiger partial charge in [0.05, 0.1) is 12.5 Å². The fourth-order valence-corrected chi connectivity index (χ4v) is 3.58. The molecule has 0 bridgehead atoms. The summed E-state index contributed by atoms with van der Waals surface area (Å²) < 4.78 is 5.46. The predicted molar refractivity (Wildman–Crippen MR) is 101 cm³/mol. The SMILES string of the molecule is CCN[C@H](C)CNC(=O)C1(c2ccc(C)c(OC)c2)CCCC1.Cl. The quantitative estimate of drug-likeness (QED) is 0.789. The number of nitrogens with one attached hydrogen (secondary N) is 2. The molecule has 1 aliphatic rings. The Kier molecular flexibility index (Phi) is 8.04. The van der Waals surface area contributed by atoms with Gasteiger partial charge in [-0.05, 0) is 50.4 Å². The third-order valence-electron chi connectivity index (χ3n) is 4.97. The normalized spacial score (nSPS) is 17.0. The second-order valence-corrected chi connectivity index (χ2v) is 6.64. The zero-order valence-corrected chi connectivity index (χ0v) is 16.1. The molecule has 2 N–H and O–H groups in total. The molecule has 5 heteroatoms. The average Bonchev–Trinajstić information content (AvgIpc) is 3.04. The topological polar surface area (TPSA) is 50.4 Å². The molecule has 0 heterocycles. The van der Waals surface area contributed by atoms with Gasteiger partial charge in [0, 0.05) is 12.6 Å². The van der Waals surface area contributed by atoms with Crippen molar-refractivity contribution in [1.82, 2.24) is 10.6 Å². The van der Waals surface area contributed by atoms with Gasteiger partial charge in [-0.2, -0.15) is 0 Å². The first-order chi connectivity index (χ1) is 11.0. The van der Waals surface area contributed by atoms with E-state index in [1.165, 1.54) is 0 Å². The summed E-state index contributed by atoms with van der Waals surface area (Å²) in [5.74, 6) is 1.02. The van der Waals surface area contributed by atoms with Crippen LogP contribution in [0.4, 0.5) is 0 Å². The Morgan fingerprint density at radius 1 is 1.33 bits per heavy atom. The highest BCUT2D eigenvalue weighted by atomic mass is 35.5.